The predicted molar refractivity (Wildman–Crippen MR) is 149 cm³/mol. The Labute approximate surface area is 245 Å². The third kappa shape index (κ3) is 5.45. The molecule has 0 spiro atoms. The molecule has 234 valence electrons. The zero-order valence-corrected chi connectivity index (χ0v) is 26.2. The summed E-state index contributed by atoms with van der Waals surface area (Å²) in [5, 5.41) is 23.5. The van der Waals surface area contributed by atoms with Crippen molar-refractivity contribution in [3.05, 3.63) is 27.9 Å². The van der Waals surface area contributed by atoms with Gasteiger partial charge in [-0.15, -0.1) is 0 Å². The highest BCUT2D eigenvalue weighted by Gasteiger charge is 2.56. The van der Waals surface area contributed by atoms with Crippen LogP contribution in [0.3, 0.4) is 0 Å². The van der Waals surface area contributed by atoms with Crippen LogP contribution in [0.5, 0.6) is 0 Å². The number of imide groups is 1. The third-order valence-electron chi connectivity index (χ3n) is 9.22. The molecule has 14 nitrogen and oxygen atoms in total. The van der Waals surface area contributed by atoms with Gasteiger partial charge < -0.3 is 33.6 Å². The molecule has 6 heterocycles. The number of aromatic nitrogens is 2. The molecule has 3 fully saturated rings. The van der Waals surface area contributed by atoms with Crippen molar-refractivity contribution in [3.8, 4) is 0 Å². The molecule has 6 rings (SSSR count). The molecule has 0 aliphatic carbocycles. The first-order valence-electron chi connectivity index (χ1n) is 14.3. The molecule has 3 N–H and O–H groups in total. The maximum absolute atomic E-state index is 13.5. The minimum atomic E-state index is -2.22. The second-order valence-electron chi connectivity index (χ2n) is 13.2. The number of aryl methyl sites for hydroxylation is 1. The topological polar surface area (TPSA) is 171 Å². The van der Waals surface area contributed by atoms with Gasteiger partial charge in [-0.25, -0.2) is 9.59 Å². The van der Waals surface area contributed by atoms with E-state index in [0.29, 0.717) is 12.0 Å². The minimum absolute atomic E-state index is 0.0528. The molecule has 6 bridgehead atoms. The van der Waals surface area contributed by atoms with Gasteiger partial charge in [0.25, 0.3) is 5.91 Å². The summed E-state index contributed by atoms with van der Waals surface area (Å²) in [5.41, 5.74) is -2.32. The number of aliphatic hydroxyl groups excluding tert-OH is 1. The van der Waals surface area contributed by atoms with E-state index in [-0.39, 0.29) is 36.7 Å². The Balaban J connectivity index is 1.58. The van der Waals surface area contributed by atoms with E-state index in [2.05, 4.69) is 44.2 Å². The van der Waals surface area contributed by atoms with Crippen LogP contribution in [-0.4, -0.2) is 101 Å². The van der Waals surface area contributed by atoms with Crippen LogP contribution < -0.4 is 11.0 Å². The SMILES string of the molecule is Cc1cn2c(=O)nc1[C@@H]1N(C(=O)NC(=O)[C@]1(C)O)[C@H]1C[C@H](OCOC[C@H]3O[C@@H]2C[C@@H]3O[Si](C)(C)C(C)(C)C)[C@@H](CO)O1. The smallest absolute Gasteiger partial charge is 0.349 e. The van der Waals surface area contributed by atoms with Gasteiger partial charge in [-0.3, -0.25) is 19.6 Å². The largest absolute Gasteiger partial charge is 0.411 e. The Morgan fingerprint density at radius 3 is 2.55 bits per heavy atom. The molecule has 0 radical (unpaired) electrons. The van der Waals surface area contributed by atoms with Crippen molar-refractivity contribution in [2.75, 3.05) is 20.0 Å². The fourth-order valence-electron chi connectivity index (χ4n) is 5.77. The standard InChI is InChI=1S/C27H42N4O10Si/c1-14-10-30-19-9-16(41-42(6,7)26(2,3)4)18(40-19)12-37-13-38-15-8-20(39-17(15)11-32)31-22(21(14)28-24(30)34)27(5,36)23(33)29-25(31)35/h10,15-20,22,32,36H,8-9,11-13H2,1-7H3,(H,29,33,35)/t15-,16-,17+,18+,19+,20+,22-,27+/m0/s1. The van der Waals surface area contributed by atoms with Gasteiger partial charge in [0.05, 0.1) is 31.1 Å². The highest BCUT2D eigenvalue weighted by Crippen LogP contribution is 2.43. The number of rotatable bonds is 3. The van der Waals surface area contributed by atoms with E-state index in [0.717, 1.165) is 4.90 Å². The maximum atomic E-state index is 13.5. The average Bonchev–Trinajstić information content (AvgIpc) is 3.47. The van der Waals surface area contributed by atoms with E-state index in [1.165, 1.54) is 11.5 Å². The first-order chi connectivity index (χ1) is 19.5. The number of hydrogen-bond acceptors (Lipinski definition) is 11. The summed E-state index contributed by atoms with van der Waals surface area (Å²) in [5.74, 6) is -0.931. The first-order valence-corrected chi connectivity index (χ1v) is 17.2. The molecule has 15 heteroatoms. The third-order valence-corrected chi connectivity index (χ3v) is 13.7. The fourth-order valence-corrected chi connectivity index (χ4v) is 7.13. The van der Waals surface area contributed by atoms with Gasteiger partial charge in [-0.1, -0.05) is 20.8 Å². The summed E-state index contributed by atoms with van der Waals surface area (Å²) in [4.78, 5) is 45.0. The lowest BCUT2D eigenvalue weighted by molar-refractivity contribution is -0.161. The molecular weight excluding hydrogens is 568 g/mol. The van der Waals surface area contributed by atoms with Crippen molar-refractivity contribution >= 4 is 20.3 Å². The van der Waals surface area contributed by atoms with E-state index >= 15 is 0 Å². The minimum Gasteiger partial charge on any atom is -0.411 e. The number of carbonyl (C=O) groups excluding carboxylic acids is 2. The van der Waals surface area contributed by atoms with Crippen LogP contribution in [0.2, 0.25) is 18.1 Å². The Kier molecular flexibility index (Phi) is 8.20. The van der Waals surface area contributed by atoms with Crippen LogP contribution in [-0.2, 0) is 28.2 Å². The summed E-state index contributed by atoms with van der Waals surface area (Å²) < 4.78 is 32.2. The van der Waals surface area contributed by atoms with Gasteiger partial charge >= 0.3 is 11.7 Å². The van der Waals surface area contributed by atoms with Crippen molar-refractivity contribution in [3.63, 3.8) is 0 Å². The number of nitrogens with one attached hydrogen (secondary N) is 1. The van der Waals surface area contributed by atoms with Crippen molar-refractivity contribution in [2.45, 2.75) is 114 Å². The molecule has 1 aromatic rings. The summed E-state index contributed by atoms with van der Waals surface area (Å²) in [6.07, 6.45) is -1.99. The summed E-state index contributed by atoms with van der Waals surface area (Å²) in [6.45, 7) is 13.3. The quantitative estimate of drug-likeness (QED) is 0.418. The molecule has 5 aliphatic rings. The number of fused-ring (bicyclic) bond motifs is 5. The Morgan fingerprint density at radius 2 is 1.88 bits per heavy atom. The number of nitrogens with zero attached hydrogens (tertiary/aromatic N) is 3. The van der Waals surface area contributed by atoms with Crippen LogP contribution >= 0.6 is 0 Å². The van der Waals surface area contributed by atoms with Crippen LogP contribution in [0.15, 0.2) is 11.0 Å². The molecule has 8 atom stereocenters. The summed E-state index contributed by atoms with van der Waals surface area (Å²) in [6, 6.07) is -2.19. The highest BCUT2D eigenvalue weighted by atomic mass is 28.4. The zero-order chi connectivity index (χ0) is 30.8. The Bertz CT molecular complexity index is 1280. The Hall–Kier alpha value is -2.24. The lowest BCUT2D eigenvalue weighted by atomic mass is 9.87. The summed E-state index contributed by atoms with van der Waals surface area (Å²) in [7, 11) is -2.22. The van der Waals surface area contributed by atoms with Crippen LogP contribution in [0, 0.1) is 6.92 Å². The van der Waals surface area contributed by atoms with Gasteiger partial charge in [-0.05, 0) is 37.5 Å². The summed E-state index contributed by atoms with van der Waals surface area (Å²) >= 11 is 0. The second-order valence-corrected chi connectivity index (χ2v) is 18.0. The number of ether oxygens (including phenoxy) is 4. The molecule has 0 aromatic carbocycles. The second kappa shape index (κ2) is 11.0. The molecule has 3 amide bonds. The zero-order valence-electron chi connectivity index (χ0n) is 25.2. The van der Waals surface area contributed by atoms with Crippen LogP contribution in [0.1, 0.15) is 64.1 Å². The van der Waals surface area contributed by atoms with Crippen molar-refractivity contribution in [1.82, 2.24) is 19.8 Å². The van der Waals surface area contributed by atoms with Crippen LogP contribution in [0.4, 0.5) is 4.79 Å². The first kappa shape index (κ1) is 31.2. The van der Waals surface area contributed by atoms with Gasteiger partial charge in [0.1, 0.15) is 37.5 Å². The predicted octanol–water partition coefficient (Wildman–Crippen LogP) is 1.05. The number of urea groups is 1. The highest BCUT2D eigenvalue weighted by molar-refractivity contribution is 6.74. The van der Waals surface area contributed by atoms with E-state index in [1.54, 1.807) is 13.1 Å². The molecule has 0 unspecified atom stereocenters. The Morgan fingerprint density at radius 1 is 1.17 bits per heavy atom. The van der Waals surface area contributed by atoms with Gasteiger partial charge in [-0.2, -0.15) is 4.98 Å². The number of aliphatic hydroxyl groups is 2. The monoisotopic (exact) mass is 610 g/mol. The van der Waals surface area contributed by atoms with Crippen molar-refractivity contribution in [2.24, 2.45) is 0 Å². The molecule has 5 aliphatic heterocycles. The normalized spacial score (nSPS) is 35.8. The van der Waals surface area contributed by atoms with E-state index in [4.69, 9.17) is 23.4 Å². The lowest BCUT2D eigenvalue weighted by Crippen LogP contribution is -2.67. The van der Waals surface area contributed by atoms with E-state index in [9.17, 15) is 24.6 Å². The van der Waals surface area contributed by atoms with Gasteiger partial charge in [0.15, 0.2) is 13.9 Å². The van der Waals surface area contributed by atoms with Gasteiger partial charge in [0, 0.05) is 19.0 Å². The number of amides is 3. The average molecular weight is 611 g/mol. The number of hydrogen-bond donors (Lipinski definition) is 3. The van der Waals surface area contributed by atoms with Crippen LogP contribution in [0.25, 0.3) is 0 Å². The van der Waals surface area contributed by atoms with E-state index < -0.39 is 75.0 Å². The molecular formula is C27H42N4O10Si. The lowest BCUT2D eigenvalue weighted by Gasteiger charge is -2.45. The fraction of sp³-hybridized carbons (Fsp3) is 0.778. The number of carbonyl (C=O) groups is 2. The van der Waals surface area contributed by atoms with Crippen molar-refractivity contribution < 1.29 is 43.2 Å². The van der Waals surface area contributed by atoms with E-state index in [1.807, 2.05) is 0 Å². The molecule has 42 heavy (non-hydrogen) atoms. The van der Waals surface area contributed by atoms with Gasteiger partial charge in [0.2, 0.25) is 0 Å². The molecule has 3 saturated heterocycles. The molecule has 1 aromatic heterocycles. The molecule has 0 saturated carbocycles. The maximum Gasteiger partial charge on any atom is 0.349 e. The van der Waals surface area contributed by atoms with Crippen molar-refractivity contribution in [1.29, 1.82) is 0 Å².